The molecule has 0 saturated heterocycles. The molecule has 0 aromatic heterocycles. The van der Waals surface area contributed by atoms with E-state index in [0.717, 1.165) is 32.1 Å². The van der Waals surface area contributed by atoms with Gasteiger partial charge in [-0.15, -0.1) is 0 Å². The highest BCUT2D eigenvalue weighted by Crippen LogP contribution is 2.54. The van der Waals surface area contributed by atoms with E-state index in [-0.39, 0.29) is 11.3 Å². The Morgan fingerprint density at radius 2 is 1.93 bits per heavy atom. The second-order valence-corrected chi connectivity index (χ2v) is 9.97. The first-order valence-electron chi connectivity index (χ1n) is 11.0. The number of carbonyl (C=O) groups is 1. The van der Waals surface area contributed by atoms with Crippen LogP contribution in [0, 0.1) is 35.0 Å². The van der Waals surface area contributed by atoms with Gasteiger partial charge in [-0.3, -0.25) is 4.79 Å². The Labute approximate surface area is 165 Å². The lowest BCUT2D eigenvalue weighted by atomic mass is 9.69. The predicted octanol–water partition coefficient (Wildman–Crippen LogP) is 6.79. The molecule has 0 radical (unpaired) electrons. The summed E-state index contributed by atoms with van der Waals surface area (Å²) in [5, 5.41) is 9.64. The summed E-state index contributed by atoms with van der Waals surface area (Å²) in [7, 11) is 0. The first-order valence-corrected chi connectivity index (χ1v) is 11.0. The highest BCUT2D eigenvalue weighted by Gasteiger charge is 2.47. The standard InChI is InChI=1S/C25H38O2/c1-16-6-9-20-17(2)7-10-21(20)18(3)8-11-23-22(19(4)24(26)27)13-15-25(23,5)14-12-16/h8-9,12,17,19,21-23H,6-7,10-11,13-15H2,1-5H3,(H,26,27)/b16-12+,18-8-,20-9+/t17-,19-,21-,22-,23+,25+/m0/s1. The van der Waals surface area contributed by atoms with Crippen molar-refractivity contribution in [3.63, 3.8) is 0 Å². The molecule has 0 amide bonds. The van der Waals surface area contributed by atoms with Gasteiger partial charge in [-0.1, -0.05) is 55.7 Å². The maximum atomic E-state index is 11.7. The average molecular weight is 371 g/mol. The first-order chi connectivity index (χ1) is 12.7. The molecule has 3 aliphatic rings. The molecule has 150 valence electrons. The molecule has 2 heteroatoms. The fourth-order valence-electron chi connectivity index (χ4n) is 6.05. The maximum Gasteiger partial charge on any atom is 0.306 e. The number of hydrogen-bond acceptors (Lipinski definition) is 1. The van der Waals surface area contributed by atoms with Crippen molar-refractivity contribution in [3.05, 3.63) is 34.9 Å². The van der Waals surface area contributed by atoms with Crippen LogP contribution in [-0.2, 0) is 4.79 Å². The fraction of sp³-hybridized carbons (Fsp3) is 0.720. The van der Waals surface area contributed by atoms with Crippen LogP contribution in [0.15, 0.2) is 34.9 Å². The summed E-state index contributed by atoms with van der Waals surface area (Å²) in [6.45, 7) is 11.3. The van der Waals surface area contributed by atoms with Crippen LogP contribution in [0.2, 0.25) is 0 Å². The van der Waals surface area contributed by atoms with Gasteiger partial charge in [-0.25, -0.2) is 0 Å². The summed E-state index contributed by atoms with van der Waals surface area (Å²) < 4.78 is 0. The van der Waals surface area contributed by atoms with Gasteiger partial charge >= 0.3 is 5.97 Å². The van der Waals surface area contributed by atoms with E-state index >= 15 is 0 Å². The van der Waals surface area contributed by atoms with Gasteiger partial charge in [0.15, 0.2) is 0 Å². The number of rotatable bonds is 2. The van der Waals surface area contributed by atoms with Gasteiger partial charge < -0.3 is 5.11 Å². The number of carboxylic acids is 1. The van der Waals surface area contributed by atoms with Crippen LogP contribution in [0.5, 0.6) is 0 Å². The van der Waals surface area contributed by atoms with Gasteiger partial charge in [0.25, 0.3) is 0 Å². The molecular formula is C25H38O2. The molecule has 27 heavy (non-hydrogen) atoms. The van der Waals surface area contributed by atoms with Gasteiger partial charge in [0.2, 0.25) is 0 Å². The molecule has 3 rings (SSSR count). The Morgan fingerprint density at radius 1 is 1.19 bits per heavy atom. The number of allylic oxidation sites excluding steroid dienone is 6. The lowest BCUT2D eigenvalue weighted by Crippen LogP contribution is -2.30. The SMILES string of the molecule is C/C1=C/C[C@@H]2[C@H]([C@H](C)C(=O)O)CC[C@@]2(C)C/C=C(\C)C/C=C2\[C@@H](C)CC[C@@H]12. The van der Waals surface area contributed by atoms with Crippen molar-refractivity contribution >= 4 is 5.97 Å². The second kappa shape index (κ2) is 7.97. The molecule has 2 nitrogen and oxygen atoms in total. The first kappa shape index (κ1) is 20.4. The quantitative estimate of drug-likeness (QED) is 0.543. The topological polar surface area (TPSA) is 37.3 Å². The molecule has 2 saturated carbocycles. The Hall–Kier alpha value is -1.31. The predicted molar refractivity (Wildman–Crippen MR) is 112 cm³/mol. The van der Waals surface area contributed by atoms with Crippen molar-refractivity contribution < 1.29 is 9.90 Å². The Kier molecular flexibility index (Phi) is 6.03. The minimum Gasteiger partial charge on any atom is -0.481 e. The van der Waals surface area contributed by atoms with E-state index in [1.54, 1.807) is 5.57 Å². The molecule has 1 N–H and O–H groups in total. The van der Waals surface area contributed by atoms with Crippen molar-refractivity contribution in [1.29, 1.82) is 0 Å². The van der Waals surface area contributed by atoms with Crippen LogP contribution in [-0.4, -0.2) is 11.1 Å². The van der Waals surface area contributed by atoms with Gasteiger partial charge in [0, 0.05) is 5.92 Å². The van der Waals surface area contributed by atoms with Crippen LogP contribution in [0.1, 0.15) is 79.6 Å². The molecule has 6 atom stereocenters. The average Bonchev–Trinajstić information content (AvgIpc) is 3.15. The molecule has 3 aliphatic carbocycles. The van der Waals surface area contributed by atoms with Crippen molar-refractivity contribution in [2.24, 2.45) is 35.0 Å². The molecule has 0 aromatic rings. The van der Waals surface area contributed by atoms with Crippen LogP contribution in [0.3, 0.4) is 0 Å². The fourth-order valence-corrected chi connectivity index (χ4v) is 6.05. The third-order valence-corrected chi connectivity index (χ3v) is 8.17. The summed E-state index contributed by atoms with van der Waals surface area (Å²) in [5.74, 6) is 1.20. The Balaban J connectivity index is 1.96. The zero-order valence-electron chi connectivity index (χ0n) is 17.9. The van der Waals surface area contributed by atoms with Crippen molar-refractivity contribution in [2.75, 3.05) is 0 Å². The van der Waals surface area contributed by atoms with E-state index in [1.165, 1.54) is 24.0 Å². The summed E-state index contributed by atoms with van der Waals surface area (Å²) in [6.07, 6.45) is 15.4. The molecule has 0 aliphatic heterocycles. The van der Waals surface area contributed by atoms with E-state index < -0.39 is 5.97 Å². The van der Waals surface area contributed by atoms with Crippen LogP contribution < -0.4 is 0 Å². The van der Waals surface area contributed by atoms with Crippen LogP contribution in [0.4, 0.5) is 0 Å². The van der Waals surface area contributed by atoms with Crippen molar-refractivity contribution in [2.45, 2.75) is 79.6 Å². The molecule has 0 bridgehead atoms. The third kappa shape index (κ3) is 4.10. The summed E-state index contributed by atoms with van der Waals surface area (Å²) in [6, 6.07) is 0. The largest absolute Gasteiger partial charge is 0.481 e. The molecule has 2 fully saturated rings. The molecular weight excluding hydrogens is 332 g/mol. The highest BCUT2D eigenvalue weighted by atomic mass is 16.4. The molecule has 0 heterocycles. The minimum atomic E-state index is -0.627. The van der Waals surface area contributed by atoms with E-state index in [4.69, 9.17) is 0 Å². The molecule has 0 spiro atoms. The number of hydrogen-bond donors (Lipinski definition) is 1. The van der Waals surface area contributed by atoms with Crippen LogP contribution in [0.25, 0.3) is 0 Å². The van der Waals surface area contributed by atoms with Gasteiger partial charge in [0.05, 0.1) is 5.92 Å². The van der Waals surface area contributed by atoms with E-state index in [2.05, 4.69) is 45.9 Å². The lowest BCUT2D eigenvalue weighted by molar-refractivity contribution is -0.143. The zero-order chi connectivity index (χ0) is 19.8. The summed E-state index contributed by atoms with van der Waals surface area (Å²) in [4.78, 5) is 11.7. The van der Waals surface area contributed by atoms with Crippen LogP contribution >= 0.6 is 0 Å². The Morgan fingerprint density at radius 3 is 2.63 bits per heavy atom. The van der Waals surface area contributed by atoms with E-state index in [1.807, 2.05) is 6.92 Å². The van der Waals surface area contributed by atoms with E-state index in [0.29, 0.717) is 23.7 Å². The lowest BCUT2D eigenvalue weighted by Gasteiger charge is -2.35. The van der Waals surface area contributed by atoms with Gasteiger partial charge in [-0.2, -0.15) is 0 Å². The molecule has 0 aromatic carbocycles. The number of carboxylic acid groups (broad SMARTS) is 1. The minimum absolute atomic E-state index is 0.223. The molecule has 0 unspecified atom stereocenters. The van der Waals surface area contributed by atoms with Gasteiger partial charge in [-0.05, 0) is 82.0 Å². The second-order valence-electron chi connectivity index (χ2n) is 9.97. The van der Waals surface area contributed by atoms with Gasteiger partial charge in [0.1, 0.15) is 0 Å². The Bertz CT molecular complexity index is 668. The normalized spacial score (nSPS) is 44.3. The third-order valence-electron chi connectivity index (χ3n) is 8.17. The monoisotopic (exact) mass is 370 g/mol. The van der Waals surface area contributed by atoms with Crippen molar-refractivity contribution in [3.8, 4) is 0 Å². The zero-order valence-corrected chi connectivity index (χ0v) is 17.9. The highest BCUT2D eigenvalue weighted by molar-refractivity contribution is 5.70. The summed E-state index contributed by atoms with van der Waals surface area (Å²) in [5.41, 5.74) is 4.85. The number of fused-ring (bicyclic) bond motifs is 2. The van der Waals surface area contributed by atoms with E-state index in [9.17, 15) is 9.90 Å². The van der Waals surface area contributed by atoms with Crippen molar-refractivity contribution in [1.82, 2.24) is 0 Å². The summed E-state index contributed by atoms with van der Waals surface area (Å²) >= 11 is 0. The number of aliphatic carboxylic acids is 1. The smallest absolute Gasteiger partial charge is 0.306 e. The maximum absolute atomic E-state index is 11.7.